The van der Waals surface area contributed by atoms with Crippen LogP contribution in [-0.4, -0.2) is 24.8 Å². The summed E-state index contributed by atoms with van der Waals surface area (Å²) < 4.78 is 5.64. The zero-order valence-electron chi connectivity index (χ0n) is 9.20. The molecule has 0 aromatic carbocycles. The van der Waals surface area contributed by atoms with Crippen molar-refractivity contribution in [1.82, 2.24) is 5.32 Å². The SMILES string of the molecule is CC1OCC(NC2CC=CCC2)C1C. The van der Waals surface area contributed by atoms with E-state index in [4.69, 9.17) is 4.74 Å². The first-order chi connectivity index (χ1) is 6.77. The average molecular weight is 195 g/mol. The molecule has 0 radical (unpaired) electrons. The lowest BCUT2D eigenvalue weighted by Gasteiger charge is -2.25. The Morgan fingerprint density at radius 3 is 2.71 bits per heavy atom. The van der Waals surface area contributed by atoms with E-state index in [-0.39, 0.29) is 0 Å². The molecule has 4 unspecified atom stereocenters. The van der Waals surface area contributed by atoms with Crippen molar-refractivity contribution in [3.8, 4) is 0 Å². The van der Waals surface area contributed by atoms with Crippen LogP contribution in [0.1, 0.15) is 33.1 Å². The molecule has 4 atom stereocenters. The highest BCUT2D eigenvalue weighted by Gasteiger charge is 2.31. The minimum absolute atomic E-state index is 0.423. The van der Waals surface area contributed by atoms with E-state index >= 15 is 0 Å². The van der Waals surface area contributed by atoms with E-state index in [1.54, 1.807) is 0 Å². The Labute approximate surface area is 86.7 Å². The second-order valence-corrected chi connectivity index (χ2v) is 4.65. The van der Waals surface area contributed by atoms with Gasteiger partial charge in [-0.2, -0.15) is 0 Å². The Bertz CT molecular complexity index is 214. The highest BCUT2D eigenvalue weighted by atomic mass is 16.5. The standard InChI is InChI=1S/C12H21NO/c1-9-10(2)14-8-12(9)13-11-6-4-3-5-7-11/h3-4,9-13H,5-8H2,1-2H3. The highest BCUT2D eigenvalue weighted by Crippen LogP contribution is 2.22. The van der Waals surface area contributed by atoms with E-state index in [0.717, 1.165) is 6.61 Å². The number of ether oxygens (including phenoxy) is 1. The van der Waals surface area contributed by atoms with Crippen molar-refractivity contribution >= 4 is 0 Å². The molecule has 0 saturated carbocycles. The Hall–Kier alpha value is -0.340. The third-order valence-electron chi connectivity index (χ3n) is 3.63. The zero-order chi connectivity index (χ0) is 9.97. The molecule has 2 aliphatic rings. The molecule has 1 aliphatic heterocycles. The molecule has 1 aliphatic carbocycles. The average Bonchev–Trinajstić information content (AvgIpc) is 2.52. The van der Waals surface area contributed by atoms with Gasteiger partial charge in [-0.25, -0.2) is 0 Å². The van der Waals surface area contributed by atoms with Crippen molar-refractivity contribution in [3.63, 3.8) is 0 Å². The second-order valence-electron chi connectivity index (χ2n) is 4.65. The molecular formula is C12H21NO. The highest BCUT2D eigenvalue weighted by molar-refractivity contribution is 4.95. The topological polar surface area (TPSA) is 21.3 Å². The Morgan fingerprint density at radius 2 is 2.14 bits per heavy atom. The van der Waals surface area contributed by atoms with Gasteiger partial charge < -0.3 is 10.1 Å². The van der Waals surface area contributed by atoms with Crippen molar-refractivity contribution < 1.29 is 4.74 Å². The fraction of sp³-hybridized carbons (Fsp3) is 0.833. The molecule has 0 aromatic heterocycles. The van der Waals surface area contributed by atoms with E-state index in [1.807, 2.05) is 0 Å². The predicted molar refractivity (Wildman–Crippen MR) is 58.3 cm³/mol. The van der Waals surface area contributed by atoms with Gasteiger partial charge in [0.2, 0.25) is 0 Å². The first-order valence-electron chi connectivity index (χ1n) is 5.80. The molecule has 2 rings (SSSR count). The van der Waals surface area contributed by atoms with Crippen LogP contribution < -0.4 is 5.32 Å². The minimum Gasteiger partial charge on any atom is -0.377 e. The van der Waals surface area contributed by atoms with E-state index in [0.29, 0.717) is 24.1 Å². The molecular weight excluding hydrogens is 174 g/mol. The fourth-order valence-corrected chi connectivity index (χ4v) is 2.33. The molecule has 1 heterocycles. The van der Waals surface area contributed by atoms with Crippen molar-refractivity contribution in [1.29, 1.82) is 0 Å². The molecule has 0 spiro atoms. The Morgan fingerprint density at radius 1 is 1.29 bits per heavy atom. The Balaban J connectivity index is 1.82. The fourth-order valence-electron chi connectivity index (χ4n) is 2.33. The van der Waals surface area contributed by atoms with Gasteiger partial charge in [-0.05, 0) is 32.1 Å². The molecule has 2 nitrogen and oxygen atoms in total. The van der Waals surface area contributed by atoms with Gasteiger partial charge in [0, 0.05) is 12.1 Å². The normalized spacial score (nSPS) is 43.0. The van der Waals surface area contributed by atoms with Crippen LogP contribution in [0.5, 0.6) is 0 Å². The molecule has 14 heavy (non-hydrogen) atoms. The molecule has 0 bridgehead atoms. The summed E-state index contributed by atoms with van der Waals surface area (Å²) in [5.41, 5.74) is 0. The van der Waals surface area contributed by atoms with E-state index in [1.165, 1.54) is 19.3 Å². The lowest BCUT2D eigenvalue weighted by molar-refractivity contribution is 0.108. The van der Waals surface area contributed by atoms with Gasteiger partial charge in [0.1, 0.15) is 0 Å². The molecule has 2 heteroatoms. The smallest absolute Gasteiger partial charge is 0.0627 e. The summed E-state index contributed by atoms with van der Waals surface area (Å²) in [6.07, 6.45) is 8.72. The van der Waals surface area contributed by atoms with Gasteiger partial charge >= 0.3 is 0 Å². The molecule has 80 valence electrons. The summed E-state index contributed by atoms with van der Waals surface area (Å²) >= 11 is 0. The van der Waals surface area contributed by atoms with Crippen LogP contribution in [0.2, 0.25) is 0 Å². The maximum absolute atomic E-state index is 5.64. The number of allylic oxidation sites excluding steroid dienone is 1. The lowest BCUT2D eigenvalue weighted by atomic mass is 9.96. The van der Waals surface area contributed by atoms with Crippen LogP contribution in [0.3, 0.4) is 0 Å². The minimum atomic E-state index is 0.423. The second kappa shape index (κ2) is 4.45. The first kappa shape index (κ1) is 10.2. The lowest BCUT2D eigenvalue weighted by Crippen LogP contribution is -2.42. The summed E-state index contributed by atoms with van der Waals surface area (Å²) in [5.74, 6) is 0.654. The van der Waals surface area contributed by atoms with Crippen LogP contribution in [0.25, 0.3) is 0 Å². The maximum atomic E-state index is 5.64. The van der Waals surface area contributed by atoms with Crippen molar-refractivity contribution in [2.75, 3.05) is 6.61 Å². The van der Waals surface area contributed by atoms with Gasteiger partial charge in [-0.1, -0.05) is 19.1 Å². The van der Waals surface area contributed by atoms with Gasteiger partial charge in [-0.3, -0.25) is 0 Å². The van der Waals surface area contributed by atoms with Crippen molar-refractivity contribution in [3.05, 3.63) is 12.2 Å². The van der Waals surface area contributed by atoms with Crippen molar-refractivity contribution in [2.45, 2.75) is 51.3 Å². The first-order valence-corrected chi connectivity index (χ1v) is 5.80. The van der Waals surface area contributed by atoms with E-state index in [9.17, 15) is 0 Å². The maximum Gasteiger partial charge on any atom is 0.0627 e. The molecule has 0 amide bonds. The van der Waals surface area contributed by atoms with Crippen LogP contribution in [0, 0.1) is 5.92 Å². The largest absolute Gasteiger partial charge is 0.377 e. The molecule has 1 N–H and O–H groups in total. The number of hydrogen-bond donors (Lipinski definition) is 1. The summed E-state index contributed by atoms with van der Waals surface area (Å²) in [5, 5.41) is 3.72. The quantitative estimate of drug-likeness (QED) is 0.681. The summed E-state index contributed by atoms with van der Waals surface area (Å²) in [4.78, 5) is 0. The number of rotatable bonds is 2. The van der Waals surface area contributed by atoms with E-state index in [2.05, 4.69) is 31.3 Å². The van der Waals surface area contributed by atoms with Gasteiger partial charge in [0.25, 0.3) is 0 Å². The number of nitrogens with one attached hydrogen (secondary N) is 1. The van der Waals surface area contributed by atoms with Crippen LogP contribution >= 0.6 is 0 Å². The third kappa shape index (κ3) is 2.18. The van der Waals surface area contributed by atoms with Crippen molar-refractivity contribution in [2.24, 2.45) is 5.92 Å². The number of hydrogen-bond acceptors (Lipinski definition) is 2. The monoisotopic (exact) mass is 195 g/mol. The van der Waals surface area contributed by atoms with Crippen LogP contribution in [-0.2, 0) is 4.74 Å². The molecule has 1 saturated heterocycles. The van der Waals surface area contributed by atoms with Gasteiger partial charge in [-0.15, -0.1) is 0 Å². The molecule has 1 fully saturated rings. The molecule has 0 aromatic rings. The van der Waals surface area contributed by atoms with Gasteiger partial charge in [0.15, 0.2) is 0 Å². The predicted octanol–water partition coefficient (Wildman–Crippen LogP) is 2.11. The van der Waals surface area contributed by atoms with Crippen LogP contribution in [0.15, 0.2) is 12.2 Å². The van der Waals surface area contributed by atoms with Crippen LogP contribution in [0.4, 0.5) is 0 Å². The van der Waals surface area contributed by atoms with Gasteiger partial charge in [0.05, 0.1) is 12.7 Å². The summed E-state index contributed by atoms with van der Waals surface area (Å²) in [7, 11) is 0. The third-order valence-corrected chi connectivity index (χ3v) is 3.63. The zero-order valence-corrected chi connectivity index (χ0v) is 9.20. The van der Waals surface area contributed by atoms with E-state index < -0.39 is 0 Å². The Kier molecular flexibility index (Phi) is 3.24. The summed E-state index contributed by atoms with van der Waals surface area (Å²) in [6.45, 7) is 5.35. The summed E-state index contributed by atoms with van der Waals surface area (Å²) in [6, 6.07) is 1.25.